The average molecular weight is 310 g/mol. The van der Waals surface area contributed by atoms with Crippen molar-refractivity contribution in [2.24, 2.45) is 0 Å². The molecule has 3 rings (SSSR count). The van der Waals surface area contributed by atoms with Gasteiger partial charge in [-0.3, -0.25) is 4.79 Å². The van der Waals surface area contributed by atoms with E-state index in [4.69, 9.17) is 9.47 Å². The monoisotopic (exact) mass is 310 g/mol. The molecule has 4 heteroatoms. The van der Waals surface area contributed by atoms with Crippen LogP contribution in [0.5, 0.6) is 11.5 Å². The first-order chi connectivity index (χ1) is 11.0. The summed E-state index contributed by atoms with van der Waals surface area (Å²) in [5.74, 6) is 0.765. The zero-order valence-corrected chi connectivity index (χ0v) is 13.3. The third-order valence-electron chi connectivity index (χ3n) is 4.24. The van der Waals surface area contributed by atoms with Gasteiger partial charge in [0.15, 0.2) is 5.78 Å². The number of hydrogen-bond donors (Lipinski definition) is 0. The highest BCUT2D eigenvalue weighted by Gasteiger charge is 2.31. The van der Waals surface area contributed by atoms with Gasteiger partial charge in [0.2, 0.25) is 0 Å². The van der Waals surface area contributed by atoms with Crippen LogP contribution in [0.2, 0.25) is 0 Å². The van der Waals surface area contributed by atoms with E-state index in [9.17, 15) is 9.59 Å². The predicted molar refractivity (Wildman–Crippen MR) is 86.4 cm³/mol. The Kier molecular flexibility index (Phi) is 3.90. The van der Waals surface area contributed by atoms with Gasteiger partial charge in [0.1, 0.15) is 23.2 Å². The first-order valence-electron chi connectivity index (χ1n) is 7.60. The van der Waals surface area contributed by atoms with Crippen molar-refractivity contribution in [3.63, 3.8) is 0 Å². The summed E-state index contributed by atoms with van der Waals surface area (Å²) in [6, 6.07) is 12.0. The van der Waals surface area contributed by atoms with E-state index >= 15 is 0 Å². The normalized spacial score (nSPS) is 18.9. The molecule has 2 unspecified atom stereocenters. The van der Waals surface area contributed by atoms with Crippen LogP contribution in [-0.4, -0.2) is 17.9 Å². The van der Waals surface area contributed by atoms with Crippen LogP contribution in [0.25, 0.3) is 0 Å². The van der Waals surface area contributed by atoms with Crippen molar-refractivity contribution in [1.29, 1.82) is 0 Å². The number of Topliss-reactive ketones (excluding diaryl/α,β-unsaturated/α-hetero) is 1. The molecule has 0 bridgehead atoms. The number of ether oxygens (including phenoxy) is 2. The van der Waals surface area contributed by atoms with Gasteiger partial charge in [-0.05, 0) is 44.2 Å². The molecule has 2 aromatic carbocycles. The Bertz CT molecular complexity index is 761. The molecule has 1 heterocycles. The second-order valence-electron chi connectivity index (χ2n) is 5.81. The highest BCUT2D eigenvalue weighted by Crippen LogP contribution is 2.40. The molecule has 0 aromatic heterocycles. The number of esters is 1. The Balaban J connectivity index is 1.84. The van der Waals surface area contributed by atoms with Crippen LogP contribution in [0.3, 0.4) is 0 Å². The van der Waals surface area contributed by atoms with Crippen LogP contribution >= 0.6 is 0 Å². The van der Waals surface area contributed by atoms with E-state index in [0.29, 0.717) is 22.6 Å². The molecule has 0 amide bonds. The molecule has 2 atom stereocenters. The number of carbonyl (C=O) groups excluding carboxylic acids is 2. The SMILES string of the molecule is CC(=O)c1ccc(OC(=O)c2cccc3c2OC(C)C3C)cc1. The molecule has 1 aliphatic heterocycles. The van der Waals surface area contributed by atoms with Crippen molar-refractivity contribution in [2.75, 3.05) is 0 Å². The molecule has 118 valence electrons. The second kappa shape index (κ2) is 5.88. The van der Waals surface area contributed by atoms with Crippen molar-refractivity contribution in [3.05, 3.63) is 59.2 Å². The molecule has 0 saturated carbocycles. The van der Waals surface area contributed by atoms with Crippen molar-refractivity contribution >= 4 is 11.8 Å². The minimum Gasteiger partial charge on any atom is -0.489 e. The fourth-order valence-corrected chi connectivity index (χ4v) is 2.67. The Morgan fingerprint density at radius 2 is 1.74 bits per heavy atom. The van der Waals surface area contributed by atoms with Gasteiger partial charge in [-0.15, -0.1) is 0 Å². The van der Waals surface area contributed by atoms with Crippen molar-refractivity contribution in [3.8, 4) is 11.5 Å². The van der Waals surface area contributed by atoms with Gasteiger partial charge < -0.3 is 9.47 Å². The predicted octanol–water partition coefficient (Wildman–Crippen LogP) is 3.99. The fourth-order valence-electron chi connectivity index (χ4n) is 2.67. The summed E-state index contributed by atoms with van der Waals surface area (Å²) in [6.07, 6.45) is 0.0359. The molecule has 1 aliphatic rings. The maximum atomic E-state index is 12.4. The summed E-state index contributed by atoms with van der Waals surface area (Å²) in [6.45, 7) is 5.56. The molecule has 0 radical (unpaired) electrons. The summed E-state index contributed by atoms with van der Waals surface area (Å²) >= 11 is 0. The van der Waals surface area contributed by atoms with Gasteiger partial charge in [0.05, 0.1) is 0 Å². The maximum absolute atomic E-state index is 12.4. The summed E-state index contributed by atoms with van der Waals surface area (Å²) in [5.41, 5.74) is 2.03. The molecule has 4 nitrogen and oxygen atoms in total. The molecular formula is C19H18O4. The van der Waals surface area contributed by atoms with E-state index in [1.807, 2.05) is 19.1 Å². The highest BCUT2D eigenvalue weighted by molar-refractivity contribution is 5.96. The number of carbonyl (C=O) groups is 2. The lowest BCUT2D eigenvalue weighted by molar-refractivity contribution is 0.0729. The fraction of sp³-hybridized carbons (Fsp3) is 0.263. The first-order valence-corrected chi connectivity index (χ1v) is 7.60. The Morgan fingerprint density at radius 3 is 2.39 bits per heavy atom. The van der Waals surface area contributed by atoms with Gasteiger partial charge in [0.25, 0.3) is 0 Å². The van der Waals surface area contributed by atoms with E-state index in [1.54, 1.807) is 30.3 Å². The third-order valence-corrected chi connectivity index (χ3v) is 4.24. The lowest BCUT2D eigenvalue weighted by Crippen LogP contribution is -2.12. The minimum absolute atomic E-state index is 0.0277. The molecule has 0 fully saturated rings. The number of para-hydroxylation sites is 1. The lowest BCUT2D eigenvalue weighted by Gasteiger charge is -2.09. The van der Waals surface area contributed by atoms with Gasteiger partial charge in [-0.25, -0.2) is 4.79 Å². The standard InChI is InChI=1S/C19H18O4/c1-11-13(3)22-18-16(11)5-4-6-17(18)19(21)23-15-9-7-14(8-10-15)12(2)20/h4-11,13H,1-3H3. The number of hydrogen-bond acceptors (Lipinski definition) is 4. The molecule has 0 spiro atoms. The Labute approximate surface area is 135 Å². The van der Waals surface area contributed by atoms with Crippen LogP contribution in [0.1, 0.15) is 53.0 Å². The zero-order valence-electron chi connectivity index (χ0n) is 13.3. The maximum Gasteiger partial charge on any atom is 0.347 e. The largest absolute Gasteiger partial charge is 0.489 e. The quantitative estimate of drug-likeness (QED) is 0.488. The number of rotatable bonds is 3. The van der Waals surface area contributed by atoms with Crippen LogP contribution in [0, 0.1) is 0 Å². The minimum atomic E-state index is -0.460. The molecule has 23 heavy (non-hydrogen) atoms. The van der Waals surface area contributed by atoms with Crippen LogP contribution in [0.4, 0.5) is 0 Å². The topological polar surface area (TPSA) is 52.6 Å². The molecular weight excluding hydrogens is 292 g/mol. The van der Waals surface area contributed by atoms with E-state index in [-0.39, 0.29) is 17.8 Å². The molecule has 0 saturated heterocycles. The van der Waals surface area contributed by atoms with Gasteiger partial charge in [-0.2, -0.15) is 0 Å². The Morgan fingerprint density at radius 1 is 1.04 bits per heavy atom. The smallest absolute Gasteiger partial charge is 0.347 e. The van der Waals surface area contributed by atoms with E-state index in [1.165, 1.54) is 6.92 Å². The highest BCUT2D eigenvalue weighted by atomic mass is 16.5. The number of fused-ring (bicyclic) bond motifs is 1. The third kappa shape index (κ3) is 2.84. The zero-order chi connectivity index (χ0) is 16.6. The summed E-state index contributed by atoms with van der Waals surface area (Å²) < 4.78 is 11.2. The lowest BCUT2D eigenvalue weighted by atomic mass is 9.97. The van der Waals surface area contributed by atoms with E-state index in [0.717, 1.165) is 5.56 Å². The van der Waals surface area contributed by atoms with Crippen LogP contribution < -0.4 is 9.47 Å². The Hall–Kier alpha value is -2.62. The summed E-state index contributed by atoms with van der Waals surface area (Å²) in [4.78, 5) is 23.7. The second-order valence-corrected chi connectivity index (χ2v) is 5.81. The average Bonchev–Trinajstić information content (AvgIpc) is 2.83. The number of benzene rings is 2. The van der Waals surface area contributed by atoms with E-state index < -0.39 is 5.97 Å². The van der Waals surface area contributed by atoms with Crippen molar-refractivity contribution in [1.82, 2.24) is 0 Å². The van der Waals surface area contributed by atoms with Crippen molar-refractivity contribution < 1.29 is 19.1 Å². The molecule has 0 aliphatic carbocycles. The van der Waals surface area contributed by atoms with Crippen LogP contribution in [-0.2, 0) is 0 Å². The van der Waals surface area contributed by atoms with Gasteiger partial charge in [0, 0.05) is 17.0 Å². The van der Waals surface area contributed by atoms with Crippen molar-refractivity contribution in [2.45, 2.75) is 32.8 Å². The van der Waals surface area contributed by atoms with Gasteiger partial charge in [-0.1, -0.05) is 19.1 Å². The first kappa shape index (κ1) is 15.3. The van der Waals surface area contributed by atoms with E-state index in [2.05, 4.69) is 6.92 Å². The summed E-state index contributed by atoms with van der Waals surface area (Å²) in [5, 5.41) is 0. The molecule has 0 N–H and O–H groups in total. The molecule has 2 aromatic rings. The number of ketones is 1. The summed E-state index contributed by atoms with van der Waals surface area (Å²) in [7, 11) is 0. The van der Waals surface area contributed by atoms with Gasteiger partial charge >= 0.3 is 5.97 Å². The van der Waals surface area contributed by atoms with Crippen LogP contribution in [0.15, 0.2) is 42.5 Å².